The summed E-state index contributed by atoms with van der Waals surface area (Å²) in [6.07, 6.45) is 1.48. The molecule has 0 aliphatic heterocycles. The number of imidazole rings is 1. The number of aromatic amines is 1. The molecular weight excluding hydrogens is 216 g/mol. The van der Waals surface area contributed by atoms with E-state index < -0.39 is 0 Å². The van der Waals surface area contributed by atoms with Crippen LogP contribution in [0.25, 0.3) is 11.0 Å². The fraction of sp³-hybridized carbons (Fsp3) is 0.250. The highest BCUT2D eigenvalue weighted by Gasteiger charge is 2.10. The minimum absolute atomic E-state index is 0.139. The van der Waals surface area contributed by atoms with Crippen molar-refractivity contribution < 1.29 is 4.79 Å². The Morgan fingerprint density at radius 3 is 3.00 bits per heavy atom. The van der Waals surface area contributed by atoms with Crippen LogP contribution in [0.15, 0.2) is 12.4 Å². The molecule has 0 aliphatic carbocycles. The van der Waals surface area contributed by atoms with Crippen molar-refractivity contribution in [2.24, 2.45) is 0 Å². The summed E-state index contributed by atoms with van der Waals surface area (Å²) in [5, 5.41) is 11.2. The second kappa shape index (κ2) is 4.26. The van der Waals surface area contributed by atoms with Crippen LogP contribution in [0.4, 0.5) is 5.69 Å². The minimum atomic E-state index is -0.297. The van der Waals surface area contributed by atoms with Gasteiger partial charge in [-0.05, 0) is 31.0 Å². The Labute approximate surface area is 98.5 Å². The molecule has 1 aromatic carbocycles. The Bertz CT molecular complexity index is 621. The number of nitriles is 1. The topological polar surface area (TPSA) is 81.6 Å². The van der Waals surface area contributed by atoms with Crippen LogP contribution < -0.4 is 5.32 Å². The predicted octanol–water partition coefficient (Wildman–Crippen LogP) is 2.03. The Kier molecular flexibility index (Phi) is 2.79. The van der Waals surface area contributed by atoms with Gasteiger partial charge in [-0.15, -0.1) is 0 Å². The summed E-state index contributed by atoms with van der Waals surface area (Å²) < 4.78 is 0. The number of anilines is 1. The molecular formula is C12H12N4O. The van der Waals surface area contributed by atoms with Crippen LogP contribution in [0.2, 0.25) is 0 Å². The number of H-pyrrole nitrogens is 1. The van der Waals surface area contributed by atoms with Crippen LogP contribution in [-0.4, -0.2) is 15.9 Å². The quantitative estimate of drug-likeness (QED) is 0.825. The Morgan fingerprint density at radius 1 is 1.53 bits per heavy atom. The van der Waals surface area contributed by atoms with E-state index in [-0.39, 0.29) is 12.3 Å². The van der Waals surface area contributed by atoms with Gasteiger partial charge < -0.3 is 10.3 Å². The molecule has 5 nitrogen and oxygen atoms in total. The maximum absolute atomic E-state index is 11.4. The SMILES string of the molecule is Cc1c(NC(=O)CC#N)cc2[nH]cnc2c1C. The van der Waals surface area contributed by atoms with Crippen LogP contribution in [0.3, 0.4) is 0 Å². The van der Waals surface area contributed by atoms with Crippen molar-refractivity contribution in [3.05, 3.63) is 23.5 Å². The van der Waals surface area contributed by atoms with Gasteiger partial charge in [0.2, 0.25) is 5.91 Å². The fourth-order valence-corrected chi connectivity index (χ4v) is 1.74. The maximum Gasteiger partial charge on any atom is 0.238 e. The zero-order valence-electron chi connectivity index (χ0n) is 9.66. The highest BCUT2D eigenvalue weighted by Crippen LogP contribution is 2.26. The summed E-state index contributed by atoms with van der Waals surface area (Å²) in [5.74, 6) is -0.297. The molecule has 0 unspecified atom stereocenters. The molecule has 0 spiro atoms. The van der Waals surface area contributed by atoms with Crippen LogP contribution in [0, 0.1) is 25.2 Å². The third kappa shape index (κ3) is 1.97. The standard InChI is InChI=1S/C12H12N4O/c1-7-8(2)12-10(14-6-15-12)5-9(7)16-11(17)3-4-13/h5-6H,3H2,1-2H3,(H,14,15)(H,16,17). The van der Waals surface area contributed by atoms with E-state index in [1.54, 1.807) is 6.33 Å². The van der Waals surface area contributed by atoms with E-state index in [1.807, 2.05) is 26.0 Å². The van der Waals surface area contributed by atoms with E-state index in [0.717, 1.165) is 27.8 Å². The summed E-state index contributed by atoms with van der Waals surface area (Å²) in [6.45, 7) is 3.88. The van der Waals surface area contributed by atoms with E-state index >= 15 is 0 Å². The first-order chi connectivity index (χ1) is 8.13. The second-order valence-corrected chi connectivity index (χ2v) is 3.86. The second-order valence-electron chi connectivity index (χ2n) is 3.86. The van der Waals surface area contributed by atoms with Crippen molar-refractivity contribution in [1.29, 1.82) is 5.26 Å². The lowest BCUT2D eigenvalue weighted by molar-refractivity contribution is -0.115. The van der Waals surface area contributed by atoms with Gasteiger partial charge in [0.1, 0.15) is 6.42 Å². The average Bonchev–Trinajstić information content (AvgIpc) is 2.74. The number of aromatic nitrogens is 2. The summed E-state index contributed by atoms with van der Waals surface area (Å²) >= 11 is 0. The van der Waals surface area contributed by atoms with Gasteiger partial charge in [0.25, 0.3) is 0 Å². The molecule has 2 aromatic rings. The zero-order chi connectivity index (χ0) is 12.4. The van der Waals surface area contributed by atoms with Gasteiger partial charge in [-0.2, -0.15) is 5.26 Å². The van der Waals surface area contributed by atoms with Crippen molar-refractivity contribution in [1.82, 2.24) is 9.97 Å². The molecule has 2 rings (SSSR count). The number of fused-ring (bicyclic) bond motifs is 1. The summed E-state index contributed by atoms with van der Waals surface area (Å²) in [5.41, 5.74) is 4.49. The van der Waals surface area contributed by atoms with E-state index in [4.69, 9.17) is 5.26 Å². The number of carbonyl (C=O) groups excluding carboxylic acids is 1. The van der Waals surface area contributed by atoms with E-state index in [9.17, 15) is 4.79 Å². The van der Waals surface area contributed by atoms with E-state index in [1.165, 1.54) is 0 Å². The van der Waals surface area contributed by atoms with Gasteiger partial charge in [-0.1, -0.05) is 0 Å². The number of hydrogen-bond donors (Lipinski definition) is 2. The normalized spacial score (nSPS) is 10.2. The van der Waals surface area contributed by atoms with Crippen LogP contribution in [0.1, 0.15) is 17.5 Å². The first-order valence-corrected chi connectivity index (χ1v) is 5.23. The lowest BCUT2D eigenvalue weighted by atomic mass is 10.1. The molecule has 1 heterocycles. The van der Waals surface area contributed by atoms with Gasteiger partial charge in [0.15, 0.2) is 0 Å². The number of amides is 1. The third-order valence-electron chi connectivity index (χ3n) is 2.79. The van der Waals surface area contributed by atoms with Crippen molar-refractivity contribution in [3.8, 4) is 6.07 Å². The van der Waals surface area contributed by atoms with Crippen molar-refractivity contribution >= 4 is 22.6 Å². The van der Waals surface area contributed by atoms with E-state index in [2.05, 4.69) is 15.3 Å². The lowest BCUT2D eigenvalue weighted by Gasteiger charge is -2.10. The number of carbonyl (C=O) groups is 1. The highest BCUT2D eigenvalue weighted by atomic mass is 16.1. The lowest BCUT2D eigenvalue weighted by Crippen LogP contribution is -2.11. The third-order valence-corrected chi connectivity index (χ3v) is 2.79. The van der Waals surface area contributed by atoms with Crippen LogP contribution >= 0.6 is 0 Å². The minimum Gasteiger partial charge on any atom is -0.345 e. The molecule has 0 fully saturated rings. The van der Waals surface area contributed by atoms with Gasteiger partial charge in [-0.3, -0.25) is 4.79 Å². The molecule has 17 heavy (non-hydrogen) atoms. The maximum atomic E-state index is 11.4. The van der Waals surface area contributed by atoms with Crippen molar-refractivity contribution in [2.75, 3.05) is 5.32 Å². The molecule has 0 radical (unpaired) electrons. The number of rotatable bonds is 2. The summed E-state index contributed by atoms with van der Waals surface area (Å²) in [7, 11) is 0. The average molecular weight is 228 g/mol. The molecule has 1 amide bonds. The van der Waals surface area contributed by atoms with Gasteiger partial charge in [-0.25, -0.2) is 4.98 Å². The molecule has 2 N–H and O–H groups in total. The number of nitrogens with one attached hydrogen (secondary N) is 2. The molecule has 0 aliphatic rings. The Hall–Kier alpha value is -2.35. The Morgan fingerprint density at radius 2 is 2.29 bits per heavy atom. The first-order valence-electron chi connectivity index (χ1n) is 5.23. The molecule has 5 heteroatoms. The number of benzene rings is 1. The van der Waals surface area contributed by atoms with Crippen LogP contribution in [0.5, 0.6) is 0 Å². The van der Waals surface area contributed by atoms with Gasteiger partial charge >= 0.3 is 0 Å². The molecule has 0 saturated heterocycles. The molecule has 0 atom stereocenters. The molecule has 1 aromatic heterocycles. The fourth-order valence-electron chi connectivity index (χ4n) is 1.74. The number of hydrogen-bond acceptors (Lipinski definition) is 3. The molecule has 0 bridgehead atoms. The smallest absolute Gasteiger partial charge is 0.238 e. The zero-order valence-corrected chi connectivity index (χ0v) is 9.66. The van der Waals surface area contributed by atoms with Gasteiger partial charge in [0, 0.05) is 5.69 Å². The molecule has 86 valence electrons. The summed E-state index contributed by atoms with van der Waals surface area (Å²) in [4.78, 5) is 18.6. The van der Waals surface area contributed by atoms with Crippen LogP contribution in [-0.2, 0) is 4.79 Å². The summed E-state index contributed by atoms with van der Waals surface area (Å²) in [6, 6.07) is 3.66. The van der Waals surface area contributed by atoms with Gasteiger partial charge in [0.05, 0.1) is 23.4 Å². The Balaban J connectivity index is 2.44. The largest absolute Gasteiger partial charge is 0.345 e. The number of aryl methyl sites for hydroxylation is 1. The molecule has 0 saturated carbocycles. The number of nitrogens with zero attached hydrogens (tertiary/aromatic N) is 2. The van der Waals surface area contributed by atoms with Crippen molar-refractivity contribution in [3.63, 3.8) is 0 Å². The first kappa shape index (κ1) is 11.1. The highest BCUT2D eigenvalue weighted by molar-refractivity contribution is 5.96. The monoisotopic (exact) mass is 228 g/mol. The van der Waals surface area contributed by atoms with E-state index in [0.29, 0.717) is 0 Å². The van der Waals surface area contributed by atoms with Crippen molar-refractivity contribution in [2.45, 2.75) is 20.3 Å². The predicted molar refractivity (Wildman–Crippen MR) is 64.4 cm³/mol.